The summed E-state index contributed by atoms with van der Waals surface area (Å²) < 4.78 is 0. The highest BCUT2D eigenvalue weighted by molar-refractivity contribution is 6.20. The van der Waals surface area contributed by atoms with Gasteiger partial charge in [-0.25, -0.2) is 0 Å². The van der Waals surface area contributed by atoms with Gasteiger partial charge in [-0.1, -0.05) is 34.9 Å². The van der Waals surface area contributed by atoms with Crippen LogP contribution in [0.4, 0.5) is 0 Å². The highest BCUT2D eigenvalue weighted by Gasteiger charge is 2.23. The molecule has 1 unspecified atom stereocenters. The van der Waals surface area contributed by atoms with E-state index in [0.29, 0.717) is 24.0 Å². The van der Waals surface area contributed by atoms with Gasteiger partial charge >= 0.3 is 0 Å². The Morgan fingerprint density at radius 1 is 0.935 bits per heavy atom. The molecule has 0 radical (unpaired) electrons. The largest absolute Gasteiger partial charge is 0.390 e. The maximum absolute atomic E-state index is 12.1. The molecular formula is C27H40O4. The lowest BCUT2D eigenvalue weighted by Gasteiger charge is -2.24. The first kappa shape index (κ1) is 27.0. The number of Topliss-reactive ketones (excluding diaryl/α,β-unsaturated/α-hetero) is 1. The van der Waals surface area contributed by atoms with Crippen LogP contribution in [0.3, 0.4) is 0 Å². The van der Waals surface area contributed by atoms with Crippen LogP contribution in [-0.2, 0) is 9.59 Å². The summed E-state index contributed by atoms with van der Waals surface area (Å²) in [5.74, 6) is -0.133. The molecule has 0 fully saturated rings. The molecule has 0 saturated carbocycles. The number of aliphatic hydroxyl groups is 2. The fourth-order valence-corrected chi connectivity index (χ4v) is 3.36. The highest BCUT2D eigenvalue weighted by Crippen LogP contribution is 2.19. The van der Waals surface area contributed by atoms with Crippen molar-refractivity contribution in [1.82, 2.24) is 0 Å². The van der Waals surface area contributed by atoms with E-state index in [1.165, 1.54) is 28.9 Å². The van der Waals surface area contributed by atoms with Gasteiger partial charge in [-0.15, -0.1) is 0 Å². The van der Waals surface area contributed by atoms with Gasteiger partial charge in [0, 0.05) is 11.1 Å². The first-order valence-corrected chi connectivity index (χ1v) is 11.2. The molecule has 0 saturated heterocycles. The maximum Gasteiger partial charge on any atom is 0.185 e. The van der Waals surface area contributed by atoms with Crippen molar-refractivity contribution < 1.29 is 19.8 Å². The second-order valence-corrected chi connectivity index (χ2v) is 9.37. The van der Waals surface area contributed by atoms with Gasteiger partial charge < -0.3 is 10.2 Å². The molecule has 1 aliphatic carbocycles. The van der Waals surface area contributed by atoms with E-state index >= 15 is 0 Å². The molecular weight excluding hydrogens is 388 g/mol. The molecule has 4 heteroatoms. The summed E-state index contributed by atoms with van der Waals surface area (Å²) in [7, 11) is 0. The van der Waals surface area contributed by atoms with Crippen LogP contribution in [0.2, 0.25) is 0 Å². The van der Waals surface area contributed by atoms with Crippen molar-refractivity contribution in [3.63, 3.8) is 0 Å². The van der Waals surface area contributed by atoms with E-state index in [4.69, 9.17) is 0 Å². The van der Waals surface area contributed by atoms with Gasteiger partial charge in [0.05, 0.1) is 11.7 Å². The van der Waals surface area contributed by atoms with Gasteiger partial charge in [0.25, 0.3) is 0 Å². The Hall–Kier alpha value is -2.04. The number of rotatable bonds is 12. The SMILES string of the molecule is CC1=CC(=O)C=C(C/C=C(\C)CC/C=C(\C)CC/C=C(\C)CCC(O)C(C)(C)O)C1=O. The minimum atomic E-state index is -1.05. The highest BCUT2D eigenvalue weighted by atomic mass is 16.3. The molecule has 0 aromatic heterocycles. The van der Waals surface area contributed by atoms with Crippen LogP contribution in [-0.4, -0.2) is 33.5 Å². The molecule has 0 aliphatic heterocycles. The zero-order chi connectivity index (χ0) is 23.6. The van der Waals surface area contributed by atoms with Gasteiger partial charge in [0.2, 0.25) is 0 Å². The lowest BCUT2D eigenvalue weighted by atomic mass is 9.94. The third kappa shape index (κ3) is 10.7. The Morgan fingerprint density at radius 2 is 1.45 bits per heavy atom. The van der Waals surface area contributed by atoms with E-state index in [0.717, 1.165) is 32.1 Å². The molecule has 0 bridgehead atoms. The van der Waals surface area contributed by atoms with Crippen LogP contribution >= 0.6 is 0 Å². The number of carbonyl (C=O) groups excluding carboxylic acids is 2. The third-order valence-corrected chi connectivity index (χ3v) is 5.69. The quantitative estimate of drug-likeness (QED) is 0.308. The monoisotopic (exact) mass is 428 g/mol. The van der Waals surface area contributed by atoms with Crippen molar-refractivity contribution in [3.05, 3.63) is 58.2 Å². The Morgan fingerprint density at radius 3 is 2.00 bits per heavy atom. The maximum atomic E-state index is 12.1. The van der Waals surface area contributed by atoms with E-state index in [9.17, 15) is 19.8 Å². The van der Waals surface area contributed by atoms with Crippen molar-refractivity contribution in [3.8, 4) is 0 Å². The van der Waals surface area contributed by atoms with E-state index in [-0.39, 0.29) is 11.6 Å². The number of hydrogen-bond acceptors (Lipinski definition) is 4. The van der Waals surface area contributed by atoms with Crippen LogP contribution < -0.4 is 0 Å². The fraction of sp³-hybridized carbons (Fsp3) is 0.556. The molecule has 1 rings (SSSR count). The smallest absolute Gasteiger partial charge is 0.185 e. The standard InChI is InChI=1S/C27H40O4/c1-19(10-8-12-21(3)14-16-25(29)27(5,6)31)9-7-11-20(2)13-15-23-18-24(28)17-22(4)26(23)30/h9,12-13,17-18,25,29,31H,7-8,10-11,14-16H2,1-6H3/b19-9+,20-13+,21-12+. The third-order valence-electron chi connectivity index (χ3n) is 5.69. The summed E-state index contributed by atoms with van der Waals surface area (Å²) in [5, 5.41) is 19.7. The van der Waals surface area contributed by atoms with E-state index in [1.54, 1.807) is 20.8 Å². The van der Waals surface area contributed by atoms with Gasteiger partial charge in [0.15, 0.2) is 11.6 Å². The molecule has 1 atom stereocenters. The molecule has 2 N–H and O–H groups in total. The molecule has 4 nitrogen and oxygen atoms in total. The molecule has 1 aliphatic rings. The fourth-order valence-electron chi connectivity index (χ4n) is 3.36. The van der Waals surface area contributed by atoms with Crippen molar-refractivity contribution in [2.45, 2.75) is 98.2 Å². The average molecular weight is 429 g/mol. The number of ketones is 2. The average Bonchev–Trinajstić information content (AvgIpc) is 2.66. The molecule has 0 aromatic carbocycles. The van der Waals surface area contributed by atoms with Crippen LogP contribution in [0.1, 0.15) is 86.5 Å². The Labute approximate surface area is 188 Å². The lowest BCUT2D eigenvalue weighted by molar-refractivity contribution is -0.115. The van der Waals surface area contributed by atoms with E-state index in [2.05, 4.69) is 32.9 Å². The summed E-state index contributed by atoms with van der Waals surface area (Å²) >= 11 is 0. The predicted octanol–water partition coefficient (Wildman–Crippen LogP) is 5.71. The number of carbonyl (C=O) groups is 2. The van der Waals surface area contributed by atoms with Gasteiger partial charge in [0.1, 0.15) is 0 Å². The van der Waals surface area contributed by atoms with Gasteiger partial charge in [-0.05, 0) is 98.6 Å². The van der Waals surface area contributed by atoms with Crippen molar-refractivity contribution in [2.24, 2.45) is 0 Å². The van der Waals surface area contributed by atoms with Crippen LogP contribution in [0.5, 0.6) is 0 Å². The zero-order valence-corrected chi connectivity index (χ0v) is 20.1. The topological polar surface area (TPSA) is 74.6 Å². The zero-order valence-electron chi connectivity index (χ0n) is 20.1. The van der Waals surface area contributed by atoms with E-state index in [1.807, 2.05) is 6.08 Å². The molecule has 0 aromatic rings. The first-order chi connectivity index (χ1) is 14.4. The Kier molecular flexibility index (Phi) is 11.1. The molecule has 0 amide bonds. The van der Waals surface area contributed by atoms with Crippen molar-refractivity contribution in [1.29, 1.82) is 0 Å². The van der Waals surface area contributed by atoms with Crippen LogP contribution in [0.15, 0.2) is 58.2 Å². The summed E-state index contributed by atoms with van der Waals surface area (Å²) in [6.07, 6.45) is 14.4. The summed E-state index contributed by atoms with van der Waals surface area (Å²) in [4.78, 5) is 23.7. The Bertz CT molecular complexity index is 798. The van der Waals surface area contributed by atoms with Crippen LogP contribution in [0.25, 0.3) is 0 Å². The Balaban J connectivity index is 2.36. The second kappa shape index (κ2) is 12.7. The first-order valence-electron chi connectivity index (χ1n) is 11.2. The van der Waals surface area contributed by atoms with Crippen molar-refractivity contribution >= 4 is 11.6 Å². The van der Waals surface area contributed by atoms with Gasteiger partial charge in [-0.2, -0.15) is 0 Å². The number of allylic oxidation sites excluding steroid dienone is 10. The minimum Gasteiger partial charge on any atom is -0.390 e. The molecule has 31 heavy (non-hydrogen) atoms. The second-order valence-electron chi connectivity index (χ2n) is 9.37. The van der Waals surface area contributed by atoms with Crippen LogP contribution in [0, 0.1) is 0 Å². The predicted molar refractivity (Wildman–Crippen MR) is 128 cm³/mol. The summed E-state index contributed by atoms with van der Waals surface area (Å²) in [5.41, 5.74) is 3.86. The molecule has 0 spiro atoms. The number of hydrogen-bond donors (Lipinski definition) is 2. The normalized spacial score (nSPS) is 17.6. The summed E-state index contributed by atoms with van der Waals surface area (Å²) in [6, 6.07) is 0. The van der Waals surface area contributed by atoms with E-state index < -0.39 is 11.7 Å². The minimum absolute atomic E-state index is 0.0303. The summed E-state index contributed by atoms with van der Waals surface area (Å²) in [6.45, 7) is 11.2. The van der Waals surface area contributed by atoms with Gasteiger partial charge in [-0.3, -0.25) is 9.59 Å². The molecule has 0 heterocycles. The molecule has 172 valence electrons. The van der Waals surface area contributed by atoms with Crippen molar-refractivity contribution in [2.75, 3.05) is 0 Å². The number of aliphatic hydroxyl groups excluding tert-OH is 1. The lowest BCUT2D eigenvalue weighted by Crippen LogP contribution is -2.35.